The largest absolute Gasteiger partial charge is 0.341 e. The maximum Gasteiger partial charge on any atom is 0.222 e. The van der Waals surface area contributed by atoms with Crippen LogP contribution in [0.15, 0.2) is 30.3 Å². The molecule has 2 saturated heterocycles. The first-order valence-electron chi connectivity index (χ1n) is 8.28. The Kier molecular flexibility index (Phi) is 4.03. The Morgan fingerprint density at radius 3 is 2.57 bits per heavy atom. The molecule has 2 atom stereocenters. The Bertz CT molecular complexity index is 501. The maximum absolute atomic E-state index is 12.1. The molecule has 0 N–H and O–H groups in total. The van der Waals surface area contributed by atoms with Crippen LogP contribution in [-0.2, 0) is 10.2 Å². The molecular weight excluding hydrogens is 260 g/mol. The lowest BCUT2D eigenvalue weighted by Gasteiger charge is -2.46. The number of hydrogen-bond acceptors (Lipinski definition) is 2. The molecular formula is C18H26N2O. The Hall–Kier alpha value is -1.35. The number of carbonyl (C=O) groups is 1. The van der Waals surface area contributed by atoms with Gasteiger partial charge in [0.25, 0.3) is 0 Å². The molecule has 2 heterocycles. The van der Waals surface area contributed by atoms with E-state index in [-0.39, 0.29) is 5.41 Å². The Balaban J connectivity index is 1.92. The van der Waals surface area contributed by atoms with Crippen LogP contribution in [0.2, 0.25) is 0 Å². The van der Waals surface area contributed by atoms with Gasteiger partial charge in [-0.1, -0.05) is 44.2 Å². The molecule has 2 fully saturated rings. The Labute approximate surface area is 127 Å². The molecule has 2 aliphatic heterocycles. The van der Waals surface area contributed by atoms with Crippen molar-refractivity contribution in [2.75, 3.05) is 26.2 Å². The molecule has 1 aromatic carbocycles. The molecule has 114 valence electrons. The van der Waals surface area contributed by atoms with Crippen LogP contribution < -0.4 is 0 Å². The second-order valence-corrected chi connectivity index (χ2v) is 6.36. The lowest BCUT2D eigenvalue weighted by Crippen LogP contribution is -2.56. The second kappa shape index (κ2) is 5.80. The number of amides is 1. The van der Waals surface area contributed by atoms with Crippen LogP contribution in [0.4, 0.5) is 0 Å². The van der Waals surface area contributed by atoms with E-state index in [0.29, 0.717) is 18.4 Å². The minimum atomic E-state index is 0.252. The number of carbonyl (C=O) groups excluding carboxylic acids is 1. The summed E-state index contributed by atoms with van der Waals surface area (Å²) in [6, 6.07) is 11.4. The maximum atomic E-state index is 12.1. The van der Waals surface area contributed by atoms with Crippen molar-refractivity contribution in [1.29, 1.82) is 0 Å². The highest BCUT2D eigenvalue weighted by Gasteiger charge is 2.51. The number of fused-ring (bicyclic) bond motifs is 1. The van der Waals surface area contributed by atoms with Crippen molar-refractivity contribution in [1.82, 2.24) is 9.80 Å². The first kappa shape index (κ1) is 14.6. The van der Waals surface area contributed by atoms with Gasteiger partial charge >= 0.3 is 0 Å². The van der Waals surface area contributed by atoms with Gasteiger partial charge in [0.05, 0.1) is 0 Å². The van der Waals surface area contributed by atoms with Crippen molar-refractivity contribution in [3.8, 4) is 0 Å². The standard InChI is InChI=1S/C18H26N2O/c1-3-17(21)20-13-11-18(15-8-6-5-7-9-15)10-12-19(4-2)16(18)14-20/h5-9,16H,3-4,10-14H2,1-2H3/t16-,18+/m1/s1. The molecule has 0 aromatic heterocycles. The van der Waals surface area contributed by atoms with Gasteiger partial charge in [-0.05, 0) is 31.5 Å². The number of likely N-dealkylation sites (tertiary alicyclic amines) is 2. The first-order chi connectivity index (χ1) is 10.2. The number of nitrogens with zero attached hydrogens (tertiary/aromatic N) is 2. The van der Waals surface area contributed by atoms with Gasteiger partial charge in [-0.25, -0.2) is 0 Å². The van der Waals surface area contributed by atoms with Crippen molar-refractivity contribution < 1.29 is 4.79 Å². The van der Waals surface area contributed by atoms with Gasteiger partial charge in [0.2, 0.25) is 5.91 Å². The molecule has 0 saturated carbocycles. The van der Waals surface area contributed by atoms with E-state index in [0.717, 1.165) is 32.6 Å². The van der Waals surface area contributed by atoms with E-state index < -0.39 is 0 Å². The minimum absolute atomic E-state index is 0.252. The second-order valence-electron chi connectivity index (χ2n) is 6.36. The molecule has 21 heavy (non-hydrogen) atoms. The van der Waals surface area contributed by atoms with Gasteiger partial charge in [0.15, 0.2) is 0 Å². The van der Waals surface area contributed by atoms with Gasteiger partial charge in [-0.15, -0.1) is 0 Å². The molecule has 3 nitrogen and oxygen atoms in total. The molecule has 1 amide bonds. The fourth-order valence-electron chi connectivity index (χ4n) is 4.31. The number of piperidine rings is 1. The average Bonchev–Trinajstić information content (AvgIpc) is 2.94. The Morgan fingerprint density at radius 2 is 1.90 bits per heavy atom. The highest BCUT2D eigenvalue weighted by Crippen LogP contribution is 2.45. The molecule has 2 aliphatic rings. The summed E-state index contributed by atoms with van der Waals surface area (Å²) in [5.41, 5.74) is 1.72. The summed E-state index contributed by atoms with van der Waals surface area (Å²) in [5, 5.41) is 0. The third-order valence-corrected chi connectivity index (χ3v) is 5.55. The van der Waals surface area contributed by atoms with Crippen molar-refractivity contribution in [2.24, 2.45) is 0 Å². The smallest absolute Gasteiger partial charge is 0.222 e. The fraction of sp³-hybridized carbons (Fsp3) is 0.611. The van der Waals surface area contributed by atoms with E-state index in [9.17, 15) is 4.79 Å². The topological polar surface area (TPSA) is 23.6 Å². The summed E-state index contributed by atoms with van der Waals surface area (Å²) < 4.78 is 0. The molecule has 0 aliphatic carbocycles. The molecule has 0 bridgehead atoms. The van der Waals surface area contributed by atoms with Crippen molar-refractivity contribution >= 4 is 5.91 Å². The summed E-state index contributed by atoms with van der Waals surface area (Å²) in [5.74, 6) is 0.305. The quantitative estimate of drug-likeness (QED) is 0.853. The zero-order valence-electron chi connectivity index (χ0n) is 13.2. The predicted molar refractivity (Wildman–Crippen MR) is 85.3 cm³/mol. The predicted octanol–water partition coefficient (Wildman–Crippen LogP) is 2.66. The molecule has 1 aromatic rings. The SMILES string of the molecule is CCC(=O)N1CC[C@]2(c3ccccc3)CCN(CC)[C@@H]2C1. The highest BCUT2D eigenvalue weighted by molar-refractivity contribution is 5.76. The third-order valence-electron chi connectivity index (χ3n) is 5.55. The molecule has 3 rings (SSSR count). The van der Waals surface area contributed by atoms with Crippen molar-refractivity contribution in [3.63, 3.8) is 0 Å². The van der Waals surface area contributed by atoms with Gasteiger partial charge < -0.3 is 4.90 Å². The van der Waals surface area contributed by atoms with Crippen LogP contribution >= 0.6 is 0 Å². The van der Waals surface area contributed by atoms with Crippen molar-refractivity contribution in [3.05, 3.63) is 35.9 Å². The first-order valence-corrected chi connectivity index (χ1v) is 8.28. The molecule has 0 spiro atoms. The van der Waals surface area contributed by atoms with Crippen LogP contribution in [-0.4, -0.2) is 47.9 Å². The number of benzene rings is 1. The van der Waals surface area contributed by atoms with Crippen molar-refractivity contribution in [2.45, 2.75) is 44.6 Å². The van der Waals surface area contributed by atoms with Gasteiger partial charge in [0.1, 0.15) is 0 Å². The van der Waals surface area contributed by atoms with E-state index in [1.807, 2.05) is 6.92 Å². The number of likely N-dealkylation sites (N-methyl/N-ethyl adjacent to an activating group) is 1. The summed E-state index contributed by atoms with van der Waals surface area (Å²) in [7, 11) is 0. The lowest BCUT2D eigenvalue weighted by molar-refractivity contribution is -0.133. The van der Waals surface area contributed by atoms with E-state index in [1.54, 1.807) is 0 Å². The van der Waals surface area contributed by atoms with E-state index >= 15 is 0 Å². The monoisotopic (exact) mass is 286 g/mol. The van der Waals surface area contributed by atoms with Crippen LogP contribution in [0.5, 0.6) is 0 Å². The van der Waals surface area contributed by atoms with Gasteiger partial charge in [-0.3, -0.25) is 9.69 Å². The van der Waals surface area contributed by atoms with E-state index in [1.165, 1.54) is 12.0 Å². The number of rotatable bonds is 3. The Morgan fingerprint density at radius 1 is 1.19 bits per heavy atom. The van der Waals surface area contributed by atoms with Crippen LogP contribution in [0.3, 0.4) is 0 Å². The van der Waals surface area contributed by atoms with Gasteiger partial charge in [-0.2, -0.15) is 0 Å². The minimum Gasteiger partial charge on any atom is -0.341 e. The van der Waals surface area contributed by atoms with Crippen LogP contribution in [0.1, 0.15) is 38.7 Å². The summed E-state index contributed by atoms with van der Waals surface area (Å²) in [4.78, 5) is 16.8. The van der Waals surface area contributed by atoms with E-state index in [2.05, 4.69) is 47.1 Å². The van der Waals surface area contributed by atoms with Crippen LogP contribution in [0, 0.1) is 0 Å². The summed E-state index contributed by atoms with van der Waals surface area (Å²) >= 11 is 0. The van der Waals surface area contributed by atoms with Gasteiger partial charge in [0, 0.05) is 31.0 Å². The summed E-state index contributed by atoms with van der Waals surface area (Å²) in [6.07, 6.45) is 2.95. The molecule has 3 heteroatoms. The van der Waals surface area contributed by atoms with E-state index in [4.69, 9.17) is 0 Å². The third kappa shape index (κ3) is 2.38. The fourth-order valence-corrected chi connectivity index (χ4v) is 4.31. The highest BCUT2D eigenvalue weighted by atomic mass is 16.2. The molecule has 0 unspecified atom stereocenters. The lowest BCUT2D eigenvalue weighted by atomic mass is 9.69. The average molecular weight is 286 g/mol. The zero-order valence-corrected chi connectivity index (χ0v) is 13.2. The van der Waals surface area contributed by atoms with Crippen LogP contribution in [0.25, 0.3) is 0 Å². The normalized spacial score (nSPS) is 29.4. The number of hydrogen-bond donors (Lipinski definition) is 0. The molecule has 0 radical (unpaired) electrons. The summed E-state index contributed by atoms with van der Waals surface area (Å²) in [6.45, 7) is 8.25. The zero-order chi connectivity index (χ0) is 14.9.